The van der Waals surface area contributed by atoms with Gasteiger partial charge in [-0.05, 0) is 39.2 Å². The zero-order chi connectivity index (χ0) is 15.4. The molecule has 0 radical (unpaired) electrons. The number of carboxylic acid groups (broad SMARTS) is 1. The maximum absolute atomic E-state index is 12.0. The normalized spacial score (nSPS) is 18.0. The van der Waals surface area contributed by atoms with Crippen molar-refractivity contribution in [2.75, 3.05) is 13.1 Å². The first-order valence-corrected chi connectivity index (χ1v) is 7.27. The Balaban J connectivity index is 1.74. The van der Waals surface area contributed by atoms with Gasteiger partial charge in [0.15, 0.2) is 0 Å². The number of rotatable bonds is 5. The molecule has 0 aliphatic carbocycles. The Morgan fingerprint density at radius 1 is 1.48 bits per heavy atom. The summed E-state index contributed by atoms with van der Waals surface area (Å²) in [7, 11) is 0. The fraction of sp³-hybridized carbons (Fsp3) is 0.643. The number of nitrogens with one attached hydrogen (secondary N) is 1. The summed E-state index contributed by atoms with van der Waals surface area (Å²) in [4.78, 5) is 24.4. The predicted octanol–water partition coefficient (Wildman–Crippen LogP) is 1.15. The zero-order valence-electron chi connectivity index (χ0n) is 12.5. The fourth-order valence-corrected chi connectivity index (χ4v) is 2.69. The number of nitrogens with zero attached hydrogens (tertiary/aromatic N) is 3. The number of amides is 2. The highest BCUT2D eigenvalue weighted by atomic mass is 16.4. The quantitative estimate of drug-likeness (QED) is 0.797. The summed E-state index contributed by atoms with van der Waals surface area (Å²) < 4.78 is 1.91. The SMILES string of the molecule is Cc1cc(C)n(CCCNC(=O)N2CCC[C@@H]2C(=O)O)n1. The molecule has 1 aliphatic heterocycles. The van der Waals surface area contributed by atoms with Crippen molar-refractivity contribution in [2.24, 2.45) is 0 Å². The topological polar surface area (TPSA) is 87.5 Å². The molecule has 21 heavy (non-hydrogen) atoms. The standard InChI is InChI=1S/C14H22N4O3/c1-10-9-11(2)18(16-10)8-4-6-15-14(21)17-7-3-5-12(17)13(19)20/h9,12H,3-8H2,1-2H3,(H,15,21)(H,19,20)/t12-/m1/s1. The molecule has 1 saturated heterocycles. The molecule has 2 rings (SSSR count). The Labute approximate surface area is 123 Å². The molecule has 116 valence electrons. The summed E-state index contributed by atoms with van der Waals surface area (Å²) >= 11 is 0. The number of aliphatic carboxylic acids is 1. The van der Waals surface area contributed by atoms with Gasteiger partial charge in [-0.1, -0.05) is 0 Å². The van der Waals surface area contributed by atoms with Crippen LogP contribution in [0.15, 0.2) is 6.07 Å². The van der Waals surface area contributed by atoms with Gasteiger partial charge in [-0.25, -0.2) is 9.59 Å². The molecule has 0 unspecified atom stereocenters. The summed E-state index contributed by atoms with van der Waals surface area (Å²) in [6.45, 7) is 5.72. The molecule has 1 atom stereocenters. The lowest BCUT2D eigenvalue weighted by molar-refractivity contribution is -0.141. The van der Waals surface area contributed by atoms with Crippen molar-refractivity contribution in [3.8, 4) is 0 Å². The van der Waals surface area contributed by atoms with Gasteiger partial charge < -0.3 is 15.3 Å². The summed E-state index contributed by atoms with van der Waals surface area (Å²) in [5.74, 6) is -0.926. The minimum absolute atomic E-state index is 0.284. The smallest absolute Gasteiger partial charge is 0.326 e. The molecule has 1 aromatic rings. The molecule has 1 aliphatic rings. The van der Waals surface area contributed by atoms with E-state index in [2.05, 4.69) is 10.4 Å². The van der Waals surface area contributed by atoms with Crippen LogP contribution in [0.4, 0.5) is 4.79 Å². The largest absolute Gasteiger partial charge is 0.480 e. The van der Waals surface area contributed by atoms with Crippen LogP contribution < -0.4 is 5.32 Å². The van der Waals surface area contributed by atoms with Gasteiger partial charge in [-0.3, -0.25) is 4.68 Å². The van der Waals surface area contributed by atoms with Crippen LogP contribution in [0.25, 0.3) is 0 Å². The number of carboxylic acids is 1. The van der Waals surface area contributed by atoms with Crippen LogP contribution in [0.3, 0.4) is 0 Å². The van der Waals surface area contributed by atoms with Crippen molar-refractivity contribution >= 4 is 12.0 Å². The highest BCUT2D eigenvalue weighted by molar-refractivity contribution is 5.83. The molecule has 0 bridgehead atoms. The molecule has 0 aromatic carbocycles. The van der Waals surface area contributed by atoms with E-state index in [1.54, 1.807) is 0 Å². The number of likely N-dealkylation sites (tertiary alicyclic amines) is 1. The highest BCUT2D eigenvalue weighted by Crippen LogP contribution is 2.17. The second-order valence-electron chi connectivity index (χ2n) is 5.43. The van der Waals surface area contributed by atoms with E-state index in [4.69, 9.17) is 5.11 Å². The van der Waals surface area contributed by atoms with E-state index in [0.717, 1.165) is 30.8 Å². The van der Waals surface area contributed by atoms with E-state index in [1.807, 2.05) is 24.6 Å². The Morgan fingerprint density at radius 2 is 2.24 bits per heavy atom. The molecule has 0 spiro atoms. The van der Waals surface area contributed by atoms with Crippen molar-refractivity contribution in [2.45, 2.75) is 45.7 Å². The van der Waals surface area contributed by atoms with E-state index in [-0.39, 0.29) is 6.03 Å². The van der Waals surface area contributed by atoms with Crippen LogP contribution >= 0.6 is 0 Å². The van der Waals surface area contributed by atoms with Gasteiger partial charge in [0.2, 0.25) is 0 Å². The maximum atomic E-state index is 12.0. The van der Waals surface area contributed by atoms with Crippen LogP contribution in [0, 0.1) is 13.8 Å². The highest BCUT2D eigenvalue weighted by Gasteiger charge is 2.33. The molecule has 1 aromatic heterocycles. The van der Waals surface area contributed by atoms with Gasteiger partial charge in [0, 0.05) is 25.3 Å². The summed E-state index contributed by atoms with van der Waals surface area (Å²) in [6.07, 6.45) is 2.05. The Hall–Kier alpha value is -2.05. The van der Waals surface area contributed by atoms with Crippen LogP contribution in [0.2, 0.25) is 0 Å². The van der Waals surface area contributed by atoms with Gasteiger partial charge in [0.1, 0.15) is 6.04 Å². The minimum Gasteiger partial charge on any atom is -0.480 e. The van der Waals surface area contributed by atoms with Crippen LogP contribution in [-0.2, 0) is 11.3 Å². The Kier molecular flexibility index (Phi) is 4.82. The van der Waals surface area contributed by atoms with Crippen LogP contribution in [-0.4, -0.2) is 50.9 Å². The molecule has 7 heteroatoms. The zero-order valence-corrected chi connectivity index (χ0v) is 12.5. The average Bonchev–Trinajstić information content (AvgIpc) is 3.01. The molecule has 1 fully saturated rings. The monoisotopic (exact) mass is 294 g/mol. The number of urea groups is 1. The van der Waals surface area contributed by atoms with Crippen molar-refractivity contribution in [3.05, 3.63) is 17.5 Å². The summed E-state index contributed by atoms with van der Waals surface area (Å²) in [6, 6.07) is 1.05. The van der Waals surface area contributed by atoms with E-state index < -0.39 is 12.0 Å². The molecule has 0 saturated carbocycles. The lowest BCUT2D eigenvalue weighted by atomic mass is 10.2. The predicted molar refractivity (Wildman–Crippen MR) is 77.1 cm³/mol. The van der Waals surface area contributed by atoms with Gasteiger partial charge in [0.25, 0.3) is 0 Å². The van der Waals surface area contributed by atoms with Crippen molar-refractivity contribution < 1.29 is 14.7 Å². The Morgan fingerprint density at radius 3 is 2.86 bits per heavy atom. The molecule has 2 N–H and O–H groups in total. The second kappa shape index (κ2) is 6.60. The first-order chi connectivity index (χ1) is 9.99. The van der Waals surface area contributed by atoms with Crippen LogP contribution in [0.1, 0.15) is 30.7 Å². The van der Waals surface area contributed by atoms with Crippen molar-refractivity contribution in [1.29, 1.82) is 0 Å². The van der Waals surface area contributed by atoms with E-state index in [1.165, 1.54) is 4.90 Å². The van der Waals surface area contributed by atoms with Gasteiger partial charge in [0.05, 0.1) is 5.69 Å². The second-order valence-corrected chi connectivity index (χ2v) is 5.43. The van der Waals surface area contributed by atoms with Gasteiger partial charge in [-0.15, -0.1) is 0 Å². The first kappa shape index (κ1) is 15.3. The van der Waals surface area contributed by atoms with E-state index in [0.29, 0.717) is 19.5 Å². The number of aryl methyl sites for hydroxylation is 3. The van der Waals surface area contributed by atoms with Crippen LogP contribution in [0.5, 0.6) is 0 Å². The Bertz CT molecular complexity index is 526. The van der Waals surface area contributed by atoms with E-state index >= 15 is 0 Å². The minimum atomic E-state index is -0.926. The van der Waals surface area contributed by atoms with E-state index in [9.17, 15) is 9.59 Å². The molecular formula is C14H22N4O3. The molecular weight excluding hydrogens is 272 g/mol. The third kappa shape index (κ3) is 3.74. The van der Waals surface area contributed by atoms with Crippen molar-refractivity contribution in [3.63, 3.8) is 0 Å². The number of hydrogen-bond acceptors (Lipinski definition) is 3. The lowest BCUT2D eigenvalue weighted by Gasteiger charge is -2.21. The number of carbonyl (C=O) groups is 2. The van der Waals surface area contributed by atoms with Gasteiger partial charge in [-0.2, -0.15) is 5.10 Å². The molecule has 7 nitrogen and oxygen atoms in total. The molecule has 2 amide bonds. The van der Waals surface area contributed by atoms with Crippen molar-refractivity contribution in [1.82, 2.24) is 20.0 Å². The number of hydrogen-bond donors (Lipinski definition) is 2. The summed E-state index contributed by atoms with van der Waals surface area (Å²) in [5, 5.41) is 16.2. The van der Waals surface area contributed by atoms with Gasteiger partial charge >= 0.3 is 12.0 Å². The number of carbonyl (C=O) groups excluding carboxylic acids is 1. The average molecular weight is 294 g/mol. The first-order valence-electron chi connectivity index (χ1n) is 7.27. The maximum Gasteiger partial charge on any atom is 0.326 e. The lowest BCUT2D eigenvalue weighted by Crippen LogP contribution is -2.46. The summed E-state index contributed by atoms with van der Waals surface area (Å²) in [5.41, 5.74) is 2.09. The third-order valence-corrected chi connectivity index (χ3v) is 3.72. The number of aromatic nitrogens is 2. The third-order valence-electron chi connectivity index (χ3n) is 3.72. The molecule has 2 heterocycles. The fourth-order valence-electron chi connectivity index (χ4n) is 2.69.